The van der Waals surface area contributed by atoms with Crippen LogP contribution in [0.4, 0.5) is 4.39 Å². The number of carbonyl (C=O) groups is 1. The summed E-state index contributed by atoms with van der Waals surface area (Å²) < 4.78 is 23.6. The molecule has 1 aromatic carbocycles. The van der Waals surface area contributed by atoms with E-state index in [4.69, 9.17) is 14.6 Å². The summed E-state index contributed by atoms with van der Waals surface area (Å²) in [5.41, 5.74) is 0. The maximum absolute atomic E-state index is 12.7. The van der Waals surface area contributed by atoms with Crippen molar-refractivity contribution in [3.8, 4) is 5.75 Å². The SMILES string of the molecule is O=C(O)CC1COCCN1CCOc1ccc(F)cc1. The van der Waals surface area contributed by atoms with E-state index < -0.39 is 5.97 Å². The zero-order chi connectivity index (χ0) is 14.4. The van der Waals surface area contributed by atoms with Crippen LogP contribution in [0, 0.1) is 5.82 Å². The van der Waals surface area contributed by atoms with E-state index in [1.54, 1.807) is 12.1 Å². The average molecular weight is 283 g/mol. The maximum atomic E-state index is 12.7. The Labute approximate surface area is 116 Å². The summed E-state index contributed by atoms with van der Waals surface area (Å²) in [5.74, 6) is -0.522. The molecule has 1 aliphatic heterocycles. The van der Waals surface area contributed by atoms with Gasteiger partial charge < -0.3 is 14.6 Å². The molecule has 0 amide bonds. The number of hydrogen-bond donors (Lipinski definition) is 1. The van der Waals surface area contributed by atoms with Crippen LogP contribution < -0.4 is 4.74 Å². The van der Waals surface area contributed by atoms with Crippen LogP contribution in [0.25, 0.3) is 0 Å². The third kappa shape index (κ3) is 4.47. The molecule has 1 atom stereocenters. The van der Waals surface area contributed by atoms with Crippen molar-refractivity contribution in [1.82, 2.24) is 4.90 Å². The van der Waals surface area contributed by atoms with E-state index in [1.807, 2.05) is 0 Å². The van der Waals surface area contributed by atoms with E-state index in [-0.39, 0.29) is 18.3 Å². The van der Waals surface area contributed by atoms with Crippen molar-refractivity contribution in [2.45, 2.75) is 12.5 Å². The zero-order valence-electron chi connectivity index (χ0n) is 11.1. The third-order valence-corrected chi connectivity index (χ3v) is 3.22. The average Bonchev–Trinajstić information content (AvgIpc) is 2.42. The van der Waals surface area contributed by atoms with Gasteiger partial charge in [-0.1, -0.05) is 0 Å². The van der Waals surface area contributed by atoms with Crippen molar-refractivity contribution in [1.29, 1.82) is 0 Å². The topological polar surface area (TPSA) is 59.0 Å². The van der Waals surface area contributed by atoms with Gasteiger partial charge in [0.2, 0.25) is 0 Å². The molecule has 1 heterocycles. The van der Waals surface area contributed by atoms with Gasteiger partial charge >= 0.3 is 5.97 Å². The van der Waals surface area contributed by atoms with Gasteiger partial charge in [0.1, 0.15) is 18.2 Å². The van der Waals surface area contributed by atoms with E-state index >= 15 is 0 Å². The Balaban J connectivity index is 1.79. The highest BCUT2D eigenvalue weighted by Gasteiger charge is 2.24. The minimum absolute atomic E-state index is 0.0660. The van der Waals surface area contributed by atoms with Crippen molar-refractivity contribution in [3.05, 3.63) is 30.1 Å². The van der Waals surface area contributed by atoms with Gasteiger partial charge in [-0.25, -0.2) is 4.39 Å². The molecule has 0 bridgehead atoms. The predicted octanol–water partition coefficient (Wildman–Crippen LogP) is 1.38. The number of carboxylic acid groups (broad SMARTS) is 1. The summed E-state index contributed by atoms with van der Waals surface area (Å²) in [6.07, 6.45) is 0.0660. The van der Waals surface area contributed by atoms with Crippen molar-refractivity contribution < 1.29 is 23.8 Å². The molecule has 0 saturated carbocycles. The van der Waals surface area contributed by atoms with Crippen LogP contribution >= 0.6 is 0 Å². The van der Waals surface area contributed by atoms with Crippen molar-refractivity contribution in [3.63, 3.8) is 0 Å². The molecule has 20 heavy (non-hydrogen) atoms. The number of carboxylic acids is 1. The van der Waals surface area contributed by atoms with Crippen LogP contribution in [0.5, 0.6) is 5.75 Å². The first kappa shape index (κ1) is 14.7. The van der Waals surface area contributed by atoms with Gasteiger partial charge in [0.15, 0.2) is 0 Å². The lowest BCUT2D eigenvalue weighted by Crippen LogP contribution is -2.47. The highest BCUT2D eigenvalue weighted by atomic mass is 19.1. The summed E-state index contributed by atoms with van der Waals surface area (Å²) in [7, 11) is 0. The molecule has 1 N–H and O–H groups in total. The number of hydrogen-bond acceptors (Lipinski definition) is 4. The molecular formula is C14H18FNO4. The molecule has 0 spiro atoms. The first-order valence-corrected chi connectivity index (χ1v) is 6.57. The highest BCUT2D eigenvalue weighted by molar-refractivity contribution is 5.67. The van der Waals surface area contributed by atoms with Crippen molar-refractivity contribution in [2.75, 3.05) is 32.9 Å². The van der Waals surface area contributed by atoms with Crippen LogP contribution in [-0.4, -0.2) is 54.9 Å². The lowest BCUT2D eigenvalue weighted by Gasteiger charge is -2.34. The second-order valence-electron chi connectivity index (χ2n) is 4.66. The first-order valence-electron chi connectivity index (χ1n) is 6.57. The number of halogens is 1. The molecule has 1 fully saturated rings. The fourth-order valence-electron chi connectivity index (χ4n) is 2.18. The largest absolute Gasteiger partial charge is 0.492 e. The molecule has 2 rings (SSSR count). The predicted molar refractivity (Wildman–Crippen MR) is 70.3 cm³/mol. The number of morpholine rings is 1. The van der Waals surface area contributed by atoms with Crippen LogP contribution in [0.15, 0.2) is 24.3 Å². The molecule has 0 radical (unpaired) electrons. The molecule has 6 heteroatoms. The van der Waals surface area contributed by atoms with Gasteiger partial charge in [0.25, 0.3) is 0 Å². The fraction of sp³-hybridized carbons (Fsp3) is 0.500. The molecular weight excluding hydrogens is 265 g/mol. The van der Waals surface area contributed by atoms with E-state index in [9.17, 15) is 9.18 Å². The van der Waals surface area contributed by atoms with Crippen LogP contribution in [0.1, 0.15) is 6.42 Å². The summed E-state index contributed by atoms with van der Waals surface area (Å²) in [4.78, 5) is 12.8. The summed E-state index contributed by atoms with van der Waals surface area (Å²) in [6, 6.07) is 5.72. The molecule has 1 aliphatic rings. The fourth-order valence-corrected chi connectivity index (χ4v) is 2.18. The van der Waals surface area contributed by atoms with Gasteiger partial charge in [-0.15, -0.1) is 0 Å². The lowest BCUT2D eigenvalue weighted by atomic mass is 10.1. The van der Waals surface area contributed by atoms with Crippen LogP contribution in [0.2, 0.25) is 0 Å². The molecule has 5 nitrogen and oxygen atoms in total. The lowest BCUT2D eigenvalue weighted by molar-refractivity contribution is -0.140. The van der Waals surface area contributed by atoms with E-state index in [0.29, 0.717) is 38.7 Å². The van der Waals surface area contributed by atoms with Gasteiger partial charge in [-0.2, -0.15) is 0 Å². The van der Waals surface area contributed by atoms with Crippen molar-refractivity contribution in [2.24, 2.45) is 0 Å². The minimum atomic E-state index is -0.829. The first-order chi connectivity index (χ1) is 9.65. The van der Waals surface area contributed by atoms with Gasteiger partial charge in [-0.05, 0) is 24.3 Å². The summed E-state index contributed by atoms with van der Waals surface area (Å²) in [6.45, 7) is 2.79. The van der Waals surface area contributed by atoms with Gasteiger partial charge in [0, 0.05) is 19.1 Å². The molecule has 110 valence electrons. The monoisotopic (exact) mass is 283 g/mol. The Bertz CT molecular complexity index is 437. The second-order valence-corrected chi connectivity index (χ2v) is 4.66. The smallest absolute Gasteiger partial charge is 0.305 e. The standard InChI is InChI=1S/C14H18FNO4/c15-11-1-3-13(4-2-11)20-8-6-16-5-7-19-10-12(16)9-14(17)18/h1-4,12H,5-10H2,(H,17,18). The molecule has 0 aromatic heterocycles. The zero-order valence-corrected chi connectivity index (χ0v) is 11.1. The third-order valence-electron chi connectivity index (χ3n) is 3.22. The molecule has 0 aliphatic carbocycles. The van der Waals surface area contributed by atoms with Gasteiger partial charge in [0.05, 0.1) is 19.6 Å². The molecule has 1 unspecified atom stereocenters. The van der Waals surface area contributed by atoms with Crippen molar-refractivity contribution >= 4 is 5.97 Å². The normalized spacial score (nSPS) is 19.8. The number of rotatable bonds is 6. The van der Waals surface area contributed by atoms with Crippen LogP contribution in [0.3, 0.4) is 0 Å². The Morgan fingerprint density at radius 2 is 2.20 bits per heavy atom. The number of benzene rings is 1. The Kier molecular flexibility index (Phi) is 5.31. The molecule has 1 saturated heterocycles. The Morgan fingerprint density at radius 3 is 2.90 bits per heavy atom. The number of nitrogens with zero attached hydrogens (tertiary/aromatic N) is 1. The quantitative estimate of drug-likeness (QED) is 0.854. The number of aliphatic carboxylic acids is 1. The molecule has 1 aromatic rings. The minimum Gasteiger partial charge on any atom is -0.492 e. The Morgan fingerprint density at radius 1 is 1.45 bits per heavy atom. The van der Waals surface area contributed by atoms with E-state index in [1.165, 1.54) is 12.1 Å². The van der Waals surface area contributed by atoms with Gasteiger partial charge in [-0.3, -0.25) is 9.69 Å². The van der Waals surface area contributed by atoms with E-state index in [0.717, 1.165) is 0 Å². The van der Waals surface area contributed by atoms with E-state index in [2.05, 4.69) is 4.90 Å². The second kappa shape index (κ2) is 7.21. The number of ether oxygens (including phenoxy) is 2. The maximum Gasteiger partial charge on any atom is 0.305 e. The Hall–Kier alpha value is -1.66. The summed E-state index contributed by atoms with van der Waals surface area (Å²) >= 11 is 0. The highest BCUT2D eigenvalue weighted by Crippen LogP contribution is 2.13. The van der Waals surface area contributed by atoms with Crippen LogP contribution in [-0.2, 0) is 9.53 Å². The summed E-state index contributed by atoms with van der Waals surface area (Å²) in [5, 5.41) is 8.86.